The molecule has 200 valence electrons. The summed E-state index contributed by atoms with van der Waals surface area (Å²) in [7, 11) is 1.32. The summed E-state index contributed by atoms with van der Waals surface area (Å²) in [6.45, 7) is 3.20. The quantitative estimate of drug-likeness (QED) is 0.166. The number of hydrogen-bond donors (Lipinski definition) is 1. The number of aromatic nitrogens is 2. The minimum absolute atomic E-state index is 0.0259. The number of nitrogens with one attached hydrogen (secondary N) is 1. The molecule has 1 N–H and O–H groups in total. The molecule has 0 atom stereocenters. The lowest BCUT2D eigenvalue weighted by Crippen LogP contribution is -2.22. The fraction of sp³-hybridized carbons (Fsp3) is 0.185. The van der Waals surface area contributed by atoms with Crippen LogP contribution in [0.3, 0.4) is 0 Å². The summed E-state index contributed by atoms with van der Waals surface area (Å²) in [5.41, 5.74) is 1.47. The maximum absolute atomic E-state index is 13.1. The van der Waals surface area contributed by atoms with Crippen molar-refractivity contribution in [2.24, 2.45) is 5.10 Å². The third kappa shape index (κ3) is 6.12. The lowest BCUT2D eigenvalue weighted by atomic mass is 10.2. The van der Waals surface area contributed by atoms with Crippen molar-refractivity contribution in [1.82, 2.24) is 9.66 Å². The Morgan fingerprint density at radius 1 is 1.23 bits per heavy atom. The molecule has 0 fully saturated rings. The Morgan fingerprint density at radius 2 is 2.00 bits per heavy atom. The van der Waals surface area contributed by atoms with E-state index in [-0.39, 0.29) is 22.6 Å². The molecule has 0 spiro atoms. The van der Waals surface area contributed by atoms with E-state index in [1.54, 1.807) is 30.3 Å². The summed E-state index contributed by atoms with van der Waals surface area (Å²) < 4.78 is 12.7. The molecule has 0 bridgehead atoms. The van der Waals surface area contributed by atoms with Crippen LogP contribution in [0.2, 0.25) is 0 Å². The Balaban J connectivity index is 1.65. The van der Waals surface area contributed by atoms with E-state index in [1.807, 2.05) is 26.0 Å². The van der Waals surface area contributed by atoms with Crippen LogP contribution in [0, 0.1) is 17.0 Å². The molecule has 0 unspecified atom stereocenters. The number of hydrogen-bond acceptors (Lipinski definition) is 8. The molecular weight excluding hydrogens is 570 g/mol. The second-order valence-electron chi connectivity index (χ2n) is 8.38. The van der Waals surface area contributed by atoms with E-state index in [9.17, 15) is 19.7 Å². The summed E-state index contributed by atoms with van der Waals surface area (Å²) in [4.78, 5) is 41.3. The highest BCUT2D eigenvalue weighted by atomic mass is 79.9. The first-order chi connectivity index (χ1) is 18.7. The third-order valence-corrected chi connectivity index (χ3v) is 6.25. The van der Waals surface area contributed by atoms with E-state index in [2.05, 4.69) is 31.3 Å². The zero-order valence-electron chi connectivity index (χ0n) is 21.3. The van der Waals surface area contributed by atoms with Gasteiger partial charge in [0.15, 0.2) is 12.4 Å². The summed E-state index contributed by atoms with van der Waals surface area (Å²) in [6, 6.07) is 15.1. The highest BCUT2D eigenvalue weighted by Crippen LogP contribution is 2.38. The van der Waals surface area contributed by atoms with Crippen LogP contribution < -0.4 is 20.3 Å². The number of nitro benzene ring substituents is 1. The van der Waals surface area contributed by atoms with Gasteiger partial charge in [0, 0.05) is 28.2 Å². The van der Waals surface area contributed by atoms with Gasteiger partial charge in [0.05, 0.1) is 29.2 Å². The number of fused-ring (bicyclic) bond motifs is 1. The zero-order chi connectivity index (χ0) is 28.1. The van der Waals surface area contributed by atoms with Crippen LogP contribution in [0.5, 0.6) is 11.5 Å². The van der Waals surface area contributed by atoms with Gasteiger partial charge in [0.2, 0.25) is 5.75 Å². The zero-order valence-corrected chi connectivity index (χ0v) is 22.9. The fourth-order valence-electron chi connectivity index (χ4n) is 3.82. The van der Waals surface area contributed by atoms with Crippen molar-refractivity contribution in [2.45, 2.75) is 20.3 Å². The second kappa shape index (κ2) is 11.9. The molecule has 3 aromatic carbocycles. The number of benzene rings is 3. The Morgan fingerprint density at radius 3 is 2.69 bits per heavy atom. The SMILES string of the molecule is CCc1nc2ccc(Br)cc2c(=O)n1N=Cc1cc(OC)c(OCC(=O)Nc2ccccc2C)c([N+](=O)[O-])c1. The first kappa shape index (κ1) is 27.5. The average Bonchev–Trinajstić information content (AvgIpc) is 2.92. The number of ether oxygens (including phenoxy) is 2. The van der Waals surface area contributed by atoms with Crippen molar-refractivity contribution in [3.8, 4) is 11.5 Å². The van der Waals surface area contributed by atoms with Crippen LogP contribution in [0.1, 0.15) is 23.9 Å². The number of rotatable bonds is 9. The van der Waals surface area contributed by atoms with Gasteiger partial charge in [-0.25, -0.2) is 4.98 Å². The second-order valence-corrected chi connectivity index (χ2v) is 9.30. The Labute approximate surface area is 231 Å². The largest absolute Gasteiger partial charge is 0.493 e. The minimum atomic E-state index is -0.646. The summed E-state index contributed by atoms with van der Waals surface area (Å²) >= 11 is 3.36. The number of anilines is 1. The van der Waals surface area contributed by atoms with Crippen molar-refractivity contribution >= 4 is 50.3 Å². The number of methoxy groups -OCH3 is 1. The molecule has 39 heavy (non-hydrogen) atoms. The lowest BCUT2D eigenvalue weighted by Gasteiger charge is -2.13. The van der Waals surface area contributed by atoms with Gasteiger partial charge in [0.25, 0.3) is 11.5 Å². The molecule has 0 saturated heterocycles. The number of para-hydroxylation sites is 1. The van der Waals surface area contributed by atoms with E-state index in [4.69, 9.17) is 9.47 Å². The minimum Gasteiger partial charge on any atom is -0.493 e. The fourth-order valence-corrected chi connectivity index (χ4v) is 4.18. The number of nitro groups is 1. The normalized spacial score (nSPS) is 11.1. The summed E-state index contributed by atoms with van der Waals surface area (Å²) in [5, 5.41) is 19.2. The van der Waals surface area contributed by atoms with Crippen molar-refractivity contribution in [3.05, 3.63) is 96.5 Å². The van der Waals surface area contributed by atoms with Crippen molar-refractivity contribution in [2.75, 3.05) is 19.0 Å². The van der Waals surface area contributed by atoms with Crippen molar-refractivity contribution < 1.29 is 19.2 Å². The third-order valence-electron chi connectivity index (χ3n) is 5.75. The first-order valence-corrected chi connectivity index (χ1v) is 12.6. The Kier molecular flexibility index (Phi) is 8.35. The van der Waals surface area contributed by atoms with E-state index in [1.165, 1.54) is 25.5 Å². The Hall–Kier alpha value is -4.58. The summed E-state index contributed by atoms with van der Waals surface area (Å²) in [5.74, 6) is -0.249. The first-order valence-electron chi connectivity index (χ1n) is 11.8. The molecule has 11 nitrogen and oxygen atoms in total. The standard InChI is InChI=1S/C27H24BrN5O6/c1-4-24-30-21-10-9-18(28)13-19(21)27(35)32(24)29-14-17-11-22(33(36)37)26(23(12-17)38-3)39-15-25(34)31-20-8-6-5-7-16(20)2/h5-14H,4,15H2,1-3H3,(H,31,34). The van der Waals surface area contributed by atoms with Gasteiger partial charge >= 0.3 is 5.69 Å². The van der Waals surface area contributed by atoms with E-state index in [0.29, 0.717) is 28.8 Å². The molecular formula is C27H24BrN5O6. The van der Waals surface area contributed by atoms with Crippen LogP contribution in [-0.2, 0) is 11.2 Å². The Bertz CT molecular complexity index is 1670. The number of carbonyl (C=O) groups is 1. The molecule has 0 aliphatic carbocycles. The van der Waals surface area contributed by atoms with Gasteiger partial charge < -0.3 is 14.8 Å². The average molecular weight is 594 g/mol. The van der Waals surface area contributed by atoms with E-state index in [0.717, 1.165) is 14.7 Å². The van der Waals surface area contributed by atoms with Gasteiger partial charge in [-0.1, -0.05) is 41.1 Å². The van der Waals surface area contributed by atoms with Gasteiger partial charge in [-0.05, 0) is 42.8 Å². The molecule has 4 rings (SSSR count). The van der Waals surface area contributed by atoms with Crippen LogP contribution in [0.4, 0.5) is 11.4 Å². The maximum atomic E-state index is 13.1. The molecule has 1 amide bonds. The highest BCUT2D eigenvalue weighted by molar-refractivity contribution is 9.10. The van der Waals surface area contributed by atoms with Gasteiger partial charge in [0.1, 0.15) is 5.82 Å². The van der Waals surface area contributed by atoms with Crippen LogP contribution in [0.25, 0.3) is 10.9 Å². The highest BCUT2D eigenvalue weighted by Gasteiger charge is 2.23. The predicted octanol–water partition coefficient (Wildman–Crippen LogP) is 4.85. The number of nitrogens with zero attached hydrogens (tertiary/aromatic N) is 4. The van der Waals surface area contributed by atoms with Gasteiger partial charge in [-0.15, -0.1) is 0 Å². The van der Waals surface area contributed by atoms with Crippen molar-refractivity contribution in [1.29, 1.82) is 0 Å². The molecule has 4 aromatic rings. The van der Waals surface area contributed by atoms with E-state index < -0.39 is 23.1 Å². The van der Waals surface area contributed by atoms with Gasteiger partial charge in [-0.3, -0.25) is 19.7 Å². The maximum Gasteiger partial charge on any atom is 0.315 e. The molecule has 1 heterocycles. The van der Waals surface area contributed by atoms with Crippen molar-refractivity contribution in [3.63, 3.8) is 0 Å². The van der Waals surface area contributed by atoms with Crippen LogP contribution in [-0.4, -0.2) is 40.4 Å². The van der Waals surface area contributed by atoms with E-state index >= 15 is 0 Å². The number of aryl methyl sites for hydroxylation is 2. The molecule has 0 radical (unpaired) electrons. The molecule has 0 aliphatic rings. The topological polar surface area (TPSA) is 138 Å². The number of carbonyl (C=O) groups excluding carboxylic acids is 1. The molecule has 12 heteroatoms. The number of halogens is 1. The lowest BCUT2D eigenvalue weighted by molar-refractivity contribution is -0.385. The smallest absolute Gasteiger partial charge is 0.315 e. The predicted molar refractivity (Wildman–Crippen MR) is 151 cm³/mol. The van der Waals surface area contributed by atoms with Crippen LogP contribution >= 0.6 is 15.9 Å². The molecule has 1 aromatic heterocycles. The molecule has 0 aliphatic heterocycles. The van der Waals surface area contributed by atoms with Gasteiger partial charge in [-0.2, -0.15) is 9.78 Å². The molecule has 0 saturated carbocycles. The number of amides is 1. The van der Waals surface area contributed by atoms with Crippen LogP contribution in [0.15, 0.2) is 69.0 Å². The monoisotopic (exact) mass is 593 g/mol. The summed E-state index contributed by atoms with van der Waals surface area (Å²) in [6.07, 6.45) is 1.73.